The first-order chi connectivity index (χ1) is 9.15. The highest BCUT2D eigenvalue weighted by atomic mass is 16.5. The fraction of sp³-hybridized carbons (Fsp3) is 0.647. The molecule has 19 heavy (non-hydrogen) atoms. The fourth-order valence-corrected chi connectivity index (χ4v) is 3.25. The third kappa shape index (κ3) is 3.97. The Morgan fingerprint density at radius 3 is 2.68 bits per heavy atom. The van der Waals surface area contributed by atoms with Crippen LogP contribution in [0.2, 0.25) is 0 Å². The van der Waals surface area contributed by atoms with Gasteiger partial charge in [-0.25, -0.2) is 0 Å². The Morgan fingerprint density at radius 2 is 2.05 bits per heavy atom. The van der Waals surface area contributed by atoms with E-state index in [4.69, 9.17) is 4.74 Å². The van der Waals surface area contributed by atoms with Gasteiger partial charge in [0.05, 0.1) is 12.7 Å². The van der Waals surface area contributed by atoms with Crippen LogP contribution < -0.4 is 4.74 Å². The molecule has 0 heterocycles. The van der Waals surface area contributed by atoms with Crippen molar-refractivity contribution < 1.29 is 9.84 Å². The van der Waals surface area contributed by atoms with Gasteiger partial charge in [0.2, 0.25) is 0 Å². The van der Waals surface area contributed by atoms with Crippen LogP contribution in [0.4, 0.5) is 0 Å². The Balaban J connectivity index is 1.94. The van der Waals surface area contributed by atoms with Crippen molar-refractivity contribution in [3.8, 4) is 5.75 Å². The Bertz CT molecular complexity index is 392. The number of benzene rings is 1. The first-order valence-corrected chi connectivity index (χ1v) is 7.50. The van der Waals surface area contributed by atoms with Gasteiger partial charge in [0, 0.05) is 6.42 Å². The van der Waals surface area contributed by atoms with E-state index in [0.717, 1.165) is 30.9 Å². The molecule has 0 atom stereocenters. The largest absolute Gasteiger partial charge is 0.497 e. The topological polar surface area (TPSA) is 29.5 Å². The van der Waals surface area contributed by atoms with Crippen molar-refractivity contribution in [2.75, 3.05) is 7.11 Å². The minimum atomic E-state index is -0.503. The van der Waals surface area contributed by atoms with Crippen molar-refractivity contribution in [2.45, 2.75) is 57.5 Å². The molecule has 106 valence electrons. The lowest BCUT2D eigenvalue weighted by molar-refractivity contribution is -0.00989. The monoisotopic (exact) mass is 262 g/mol. The van der Waals surface area contributed by atoms with E-state index in [2.05, 4.69) is 13.0 Å². The second kappa shape index (κ2) is 6.42. The molecule has 1 saturated carbocycles. The number of ether oxygens (including phenoxy) is 1. The number of hydrogen-bond acceptors (Lipinski definition) is 2. The maximum atomic E-state index is 10.7. The normalized spacial score (nSPS) is 27.2. The molecule has 0 aliphatic heterocycles. The van der Waals surface area contributed by atoms with Gasteiger partial charge in [-0.3, -0.25) is 0 Å². The summed E-state index contributed by atoms with van der Waals surface area (Å²) in [5.41, 5.74) is 0.673. The zero-order chi connectivity index (χ0) is 13.7. The molecule has 0 amide bonds. The molecular weight excluding hydrogens is 236 g/mol. The van der Waals surface area contributed by atoms with Crippen molar-refractivity contribution in [1.82, 2.24) is 0 Å². The lowest BCUT2D eigenvalue weighted by Gasteiger charge is -2.36. The summed E-state index contributed by atoms with van der Waals surface area (Å²) < 4.78 is 5.24. The first kappa shape index (κ1) is 14.4. The fourth-order valence-electron chi connectivity index (χ4n) is 3.25. The molecule has 0 bridgehead atoms. The molecule has 1 fully saturated rings. The van der Waals surface area contributed by atoms with Gasteiger partial charge >= 0.3 is 0 Å². The number of rotatable bonds is 5. The average molecular weight is 262 g/mol. The van der Waals surface area contributed by atoms with Crippen molar-refractivity contribution in [3.05, 3.63) is 29.8 Å². The highest BCUT2D eigenvalue weighted by Crippen LogP contribution is 2.36. The van der Waals surface area contributed by atoms with E-state index in [0.29, 0.717) is 0 Å². The summed E-state index contributed by atoms with van der Waals surface area (Å²) in [5, 5.41) is 10.7. The maximum Gasteiger partial charge on any atom is 0.119 e. The van der Waals surface area contributed by atoms with E-state index >= 15 is 0 Å². The van der Waals surface area contributed by atoms with Gasteiger partial charge in [0.25, 0.3) is 0 Å². The zero-order valence-electron chi connectivity index (χ0n) is 12.2. The third-order valence-electron chi connectivity index (χ3n) is 4.40. The van der Waals surface area contributed by atoms with E-state index in [9.17, 15) is 5.11 Å². The van der Waals surface area contributed by atoms with Gasteiger partial charge < -0.3 is 9.84 Å². The Morgan fingerprint density at radius 1 is 1.32 bits per heavy atom. The number of hydrogen-bond donors (Lipinski definition) is 1. The molecule has 1 aromatic carbocycles. The summed E-state index contributed by atoms with van der Waals surface area (Å²) in [5.74, 6) is 1.70. The molecule has 1 N–H and O–H groups in total. The van der Waals surface area contributed by atoms with Crippen LogP contribution in [0, 0.1) is 5.92 Å². The van der Waals surface area contributed by atoms with Crippen molar-refractivity contribution in [1.29, 1.82) is 0 Å². The standard InChI is InChI=1S/C17H26O2/c1-3-5-14-8-10-17(18,11-9-14)13-15-6-4-7-16(12-15)19-2/h4,6-7,12,14,18H,3,5,8-11,13H2,1-2H3. The molecule has 1 aliphatic rings. The molecule has 2 nitrogen and oxygen atoms in total. The molecule has 0 saturated heterocycles. The molecule has 2 heteroatoms. The minimum absolute atomic E-state index is 0.503. The van der Waals surface area contributed by atoms with Crippen molar-refractivity contribution >= 4 is 0 Å². The van der Waals surface area contributed by atoms with Crippen molar-refractivity contribution in [2.24, 2.45) is 5.92 Å². The first-order valence-electron chi connectivity index (χ1n) is 7.50. The molecule has 1 aromatic rings. The van der Waals surface area contributed by atoms with Gasteiger partial charge in [0.15, 0.2) is 0 Å². The molecule has 1 aliphatic carbocycles. The Labute approximate surface area is 116 Å². The SMILES string of the molecule is CCCC1CCC(O)(Cc2cccc(OC)c2)CC1. The molecular formula is C17H26O2. The average Bonchev–Trinajstić information content (AvgIpc) is 2.42. The predicted octanol–water partition coefficient (Wildman–Crippen LogP) is 3.96. The summed E-state index contributed by atoms with van der Waals surface area (Å²) in [6.45, 7) is 2.25. The Kier molecular flexibility index (Phi) is 4.87. The van der Waals surface area contributed by atoms with Gasteiger partial charge in [-0.15, -0.1) is 0 Å². The lowest BCUT2D eigenvalue weighted by atomic mass is 9.75. The second-order valence-electron chi connectivity index (χ2n) is 5.98. The van der Waals surface area contributed by atoms with Gasteiger partial charge in [-0.05, 0) is 49.3 Å². The third-order valence-corrected chi connectivity index (χ3v) is 4.40. The maximum absolute atomic E-state index is 10.7. The second-order valence-corrected chi connectivity index (χ2v) is 5.98. The van der Waals surface area contributed by atoms with Gasteiger partial charge in [0.1, 0.15) is 5.75 Å². The highest BCUT2D eigenvalue weighted by Gasteiger charge is 2.32. The zero-order valence-corrected chi connectivity index (χ0v) is 12.2. The summed E-state index contributed by atoms with van der Waals surface area (Å²) in [6.07, 6.45) is 7.56. The Hall–Kier alpha value is -1.02. The van der Waals surface area contributed by atoms with Gasteiger partial charge in [-0.2, -0.15) is 0 Å². The van der Waals surface area contributed by atoms with Crippen LogP contribution in [0.1, 0.15) is 51.0 Å². The summed E-state index contributed by atoms with van der Waals surface area (Å²) in [7, 11) is 1.68. The van der Waals surface area contributed by atoms with Crippen molar-refractivity contribution in [3.63, 3.8) is 0 Å². The van der Waals surface area contributed by atoms with E-state index in [1.54, 1.807) is 7.11 Å². The minimum Gasteiger partial charge on any atom is -0.497 e. The molecule has 2 rings (SSSR count). The smallest absolute Gasteiger partial charge is 0.119 e. The van der Waals surface area contributed by atoms with Crippen LogP contribution in [0.5, 0.6) is 5.75 Å². The van der Waals surface area contributed by atoms with E-state index in [1.807, 2.05) is 18.2 Å². The predicted molar refractivity (Wildman–Crippen MR) is 78.5 cm³/mol. The summed E-state index contributed by atoms with van der Waals surface area (Å²) in [4.78, 5) is 0. The number of methoxy groups -OCH3 is 1. The van der Waals surface area contributed by atoms with E-state index < -0.39 is 5.60 Å². The molecule has 0 radical (unpaired) electrons. The van der Waals surface area contributed by atoms with E-state index in [1.165, 1.54) is 31.2 Å². The van der Waals surface area contributed by atoms with Crippen LogP contribution in [-0.4, -0.2) is 17.8 Å². The quantitative estimate of drug-likeness (QED) is 0.870. The highest BCUT2D eigenvalue weighted by molar-refractivity contribution is 5.29. The molecule has 0 spiro atoms. The number of aliphatic hydroxyl groups is 1. The van der Waals surface area contributed by atoms with Crippen LogP contribution in [0.15, 0.2) is 24.3 Å². The lowest BCUT2D eigenvalue weighted by Crippen LogP contribution is -2.36. The van der Waals surface area contributed by atoms with Gasteiger partial charge in [-0.1, -0.05) is 31.9 Å². The van der Waals surface area contributed by atoms with Crippen LogP contribution in [0.3, 0.4) is 0 Å². The summed E-state index contributed by atoms with van der Waals surface area (Å²) >= 11 is 0. The van der Waals surface area contributed by atoms with Crippen LogP contribution in [-0.2, 0) is 6.42 Å². The van der Waals surface area contributed by atoms with E-state index in [-0.39, 0.29) is 0 Å². The molecule has 0 unspecified atom stereocenters. The molecule has 0 aromatic heterocycles. The van der Waals surface area contributed by atoms with Crippen LogP contribution >= 0.6 is 0 Å². The summed E-state index contributed by atoms with van der Waals surface area (Å²) in [6, 6.07) is 8.07. The van der Waals surface area contributed by atoms with Crippen LogP contribution in [0.25, 0.3) is 0 Å².